The molecule has 0 aromatic rings. The van der Waals surface area contributed by atoms with Crippen LogP contribution in [0.1, 0.15) is 0 Å². The Morgan fingerprint density at radius 3 is 1.50 bits per heavy atom. The van der Waals surface area contributed by atoms with E-state index in [1.807, 2.05) is 0 Å². The highest BCUT2D eigenvalue weighted by Gasteiger charge is 1.95. The van der Waals surface area contributed by atoms with Gasteiger partial charge < -0.3 is 15.3 Å². The maximum atomic E-state index is 8.31. The van der Waals surface area contributed by atoms with Crippen molar-refractivity contribution in [3.63, 3.8) is 0 Å². The molecule has 0 aromatic carbocycles. The van der Waals surface area contributed by atoms with Gasteiger partial charge in [0.1, 0.15) is 0 Å². The lowest BCUT2D eigenvalue weighted by Crippen LogP contribution is -2.28. The van der Waals surface area contributed by atoms with Gasteiger partial charge in [-0.2, -0.15) is 0 Å². The van der Waals surface area contributed by atoms with Crippen LogP contribution in [-0.2, 0) is 0 Å². The molecule has 0 radical (unpaired) electrons. The number of hydrogen-bond donors (Lipinski definition) is 5. The number of nitrogens with two attached hydrogens (primary N) is 2. The number of rotatable bonds is 4. The van der Waals surface area contributed by atoms with Crippen LogP contribution in [-0.4, -0.2) is 46.8 Å². The summed E-state index contributed by atoms with van der Waals surface area (Å²) in [5, 5.41) is 24.9. The van der Waals surface area contributed by atoms with E-state index in [1.165, 1.54) is 4.90 Å². The molecule has 6 heteroatoms. The van der Waals surface area contributed by atoms with Crippen LogP contribution in [0.4, 0.5) is 0 Å². The Morgan fingerprint density at radius 2 is 1.40 bits per heavy atom. The van der Waals surface area contributed by atoms with Crippen molar-refractivity contribution in [1.29, 1.82) is 0 Å². The predicted molar refractivity (Wildman–Crippen MR) is 36.3 cm³/mol. The van der Waals surface area contributed by atoms with Crippen LogP contribution < -0.4 is 11.7 Å². The van der Waals surface area contributed by atoms with E-state index in [0.29, 0.717) is 6.54 Å². The maximum Gasteiger partial charge on any atom is 0.0975 e. The van der Waals surface area contributed by atoms with Crippen LogP contribution in [0.15, 0.2) is 0 Å². The minimum Gasteiger partial charge on any atom is -0.395 e. The van der Waals surface area contributed by atoms with Gasteiger partial charge in [-0.3, -0.25) is 16.6 Å². The van der Waals surface area contributed by atoms with Crippen molar-refractivity contribution >= 4 is 0 Å². The summed E-state index contributed by atoms with van der Waals surface area (Å²) in [6, 6.07) is 0. The number of hydrogen-bond acceptors (Lipinski definition) is 6. The first-order valence-electron chi connectivity index (χ1n) is 2.73. The number of hydrazine groups is 1. The van der Waals surface area contributed by atoms with Crippen LogP contribution in [0.25, 0.3) is 0 Å². The lowest BCUT2D eigenvalue weighted by atomic mass is 10.6. The van der Waals surface area contributed by atoms with Crippen LogP contribution in [0.5, 0.6) is 0 Å². The standard InChI is InChI=1S/C4H11NO3.H4N2/c6-2-1-5(3-7)4-8;1-2/h6-8H,1-4H2;1-2H2. The molecule has 0 aliphatic heterocycles. The molecule has 6 nitrogen and oxygen atoms in total. The molecule has 0 spiro atoms. The Balaban J connectivity index is 0. The van der Waals surface area contributed by atoms with Crippen molar-refractivity contribution in [1.82, 2.24) is 4.90 Å². The Bertz CT molecular complexity index is 51.0. The summed E-state index contributed by atoms with van der Waals surface area (Å²) >= 11 is 0. The Morgan fingerprint density at radius 1 is 1.00 bits per heavy atom. The number of nitrogens with zero attached hydrogens (tertiary/aromatic N) is 1. The third-order valence-corrected chi connectivity index (χ3v) is 0.816. The van der Waals surface area contributed by atoms with E-state index in [9.17, 15) is 0 Å². The van der Waals surface area contributed by atoms with Gasteiger partial charge in [0.15, 0.2) is 0 Å². The molecular formula is C4H15N3O3. The molecule has 0 aliphatic carbocycles. The fourth-order valence-electron chi connectivity index (χ4n) is 0.328. The van der Waals surface area contributed by atoms with E-state index in [0.717, 1.165) is 0 Å². The zero-order valence-corrected chi connectivity index (χ0v) is 5.77. The van der Waals surface area contributed by atoms with Crippen molar-refractivity contribution in [3.05, 3.63) is 0 Å². The highest BCUT2D eigenvalue weighted by Crippen LogP contribution is 1.78. The molecule has 64 valence electrons. The smallest absolute Gasteiger partial charge is 0.0975 e. The minimum atomic E-state index is -0.211. The van der Waals surface area contributed by atoms with Crippen molar-refractivity contribution in [2.75, 3.05) is 26.6 Å². The van der Waals surface area contributed by atoms with Crippen LogP contribution in [0, 0.1) is 0 Å². The van der Waals surface area contributed by atoms with Gasteiger partial charge in [0.25, 0.3) is 0 Å². The van der Waals surface area contributed by atoms with E-state index >= 15 is 0 Å². The van der Waals surface area contributed by atoms with E-state index in [2.05, 4.69) is 11.7 Å². The van der Waals surface area contributed by atoms with Crippen molar-refractivity contribution < 1.29 is 15.3 Å². The largest absolute Gasteiger partial charge is 0.395 e. The summed E-state index contributed by atoms with van der Waals surface area (Å²) in [5.74, 6) is 8.00. The van der Waals surface area contributed by atoms with Gasteiger partial charge >= 0.3 is 0 Å². The second kappa shape index (κ2) is 11.5. The quantitative estimate of drug-likeness (QED) is 0.167. The molecule has 0 bridgehead atoms. The highest BCUT2D eigenvalue weighted by atomic mass is 16.3. The summed E-state index contributed by atoms with van der Waals surface area (Å²) in [5.41, 5.74) is 0. The fourth-order valence-corrected chi connectivity index (χ4v) is 0.328. The third-order valence-electron chi connectivity index (χ3n) is 0.816. The average Bonchev–Trinajstić information content (AvgIpc) is 2.04. The molecule has 0 amide bonds. The SMILES string of the molecule is NN.OCCN(CO)CO. The van der Waals surface area contributed by atoms with Crippen molar-refractivity contribution in [3.8, 4) is 0 Å². The molecule has 0 unspecified atom stereocenters. The van der Waals surface area contributed by atoms with Gasteiger partial charge in [-0.05, 0) is 0 Å². The average molecular weight is 153 g/mol. The Hall–Kier alpha value is -0.240. The number of aliphatic hydroxyl groups excluding tert-OH is 3. The number of aliphatic hydroxyl groups is 3. The van der Waals surface area contributed by atoms with Crippen LogP contribution in [0.2, 0.25) is 0 Å². The first-order valence-corrected chi connectivity index (χ1v) is 2.73. The molecule has 0 aromatic heterocycles. The first-order chi connectivity index (χ1) is 4.85. The zero-order valence-electron chi connectivity index (χ0n) is 5.77. The molecule has 0 saturated heterocycles. The van der Waals surface area contributed by atoms with E-state index in [-0.39, 0.29) is 20.1 Å². The molecule has 0 rings (SSSR count). The summed E-state index contributed by atoms with van der Waals surface area (Å²) < 4.78 is 0. The first kappa shape index (κ1) is 12.4. The maximum absolute atomic E-state index is 8.31. The predicted octanol–water partition coefficient (Wildman–Crippen LogP) is -3.00. The lowest BCUT2D eigenvalue weighted by Gasteiger charge is -2.12. The van der Waals surface area contributed by atoms with Gasteiger partial charge in [-0.15, -0.1) is 0 Å². The van der Waals surface area contributed by atoms with Gasteiger partial charge in [0.05, 0.1) is 20.1 Å². The minimum absolute atomic E-state index is 0.0406. The lowest BCUT2D eigenvalue weighted by molar-refractivity contribution is 0.0184. The molecule has 0 atom stereocenters. The van der Waals surface area contributed by atoms with Crippen LogP contribution in [0.3, 0.4) is 0 Å². The van der Waals surface area contributed by atoms with E-state index < -0.39 is 0 Å². The van der Waals surface area contributed by atoms with E-state index in [4.69, 9.17) is 15.3 Å². The second-order valence-electron chi connectivity index (χ2n) is 1.40. The molecule has 0 heterocycles. The molecule has 0 fully saturated rings. The monoisotopic (exact) mass is 153 g/mol. The van der Waals surface area contributed by atoms with E-state index in [1.54, 1.807) is 0 Å². The summed E-state index contributed by atoms with van der Waals surface area (Å²) in [6.45, 7) is -0.151. The van der Waals surface area contributed by atoms with Gasteiger partial charge in [-0.1, -0.05) is 0 Å². The molecule has 10 heavy (non-hydrogen) atoms. The van der Waals surface area contributed by atoms with Crippen molar-refractivity contribution in [2.45, 2.75) is 0 Å². The summed E-state index contributed by atoms with van der Waals surface area (Å²) in [4.78, 5) is 1.29. The third kappa shape index (κ3) is 7.76. The molecule has 0 aliphatic rings. The molecule has 0 saturated carbocycles. The second-order valence-corrected chi connectivity index (χ2v) is 1.40. The van der Waals surface area contributed by atoms with Gasteiger partial charge in [-0.25, -0.2) is 0 Å². The normalized spacial score (nSPS) is 9.00. The molecule has 7 N–H and O–H groups in total. The summed E-state index contributed by atoms with van der Waals surface area (Å²) in [6.07, 6.45) is 0. The fraction of sp³-hybridized carbons (Fsp3) is 1.00. The Labute approximate surface area is 59.6 Å². The summed E-state index contributed by atoms with van der Waals surface area (Å²) in [7, 11) is 0. The topological polar surface area (TPSA) is 116 Å². The Kier molecular flexibility index (Phi) is 14.4. The van der Waals surface area contributed by atoms with Crippen LogP contribution >= 0.6 is 0 Å². The van der Waals surface area contributed by atoms with Crippen molar-refractivity contribution in [2.24, 2.45) is 11.7 Å². The van der Waals surface area contributed by atoms with Gasteiger partial charge in [0.2, 0.25) is 0 Å². The highest BCUT2D eigenvalue weighted by molar-refractivity contribution is 4.40. The zero-order chi connectivity index (χ0) is 8.41. The molecular weight excluding hydrogens is 138 g/mol. The van der Waals surface area contributed by atoms with Gasteiger partial charge in [0, 0.05) is 6.54 Å².